The average Bonchev–Trinajstić information content (AvgIpc) is 3.36. The first-order valence-electron chi connectivity index (χ1n) is 15.0. The number of unbranched alkanes of at least 4 members (excludes halogenated alkanes) is 1. The van der Waals surface area contributed by atoms with Crippen molar-refractivity contribution in [2.45, 2.75) is 84.4 Å². The summed E-state index contributed by atoms with van der Waals surface area (Å²) in [5, 5.41) is 19.8. The lowest BCUT2D eigenvalue weighted by Crippen LogP contribution is -2.45. The molecular weight excluding hydrogens is 524 g/mol. The van der Waals surface area contributed by atoms with Gasteiger partial charge in [-0.15, -0.1) is 0 Å². The van der Waals surface area contributed by atoms with Crippen molar-refractivity contribution in [3.63, 3.8) is 0 Å². The Bertz CT molecular complexity index is 956. The number of carbonyl (C=O) groups is 3. The van der Waals surface area contributed by atoms with Crippen LogP contribution >= 0.6 is 0 Å². The molecule has 0 radical (unpaired) electrons. The van der Waals surface area contributed by atoms with E-state index >= 15 is 0 Å². The molecule has 0 bridgehead atoms. The van der Waals surface area contributed by atoms with Crippen LogP contribution in [0.15, 0.2) is 24.3 Å². The summed E-state index contributed by atoms with van der Waals surface area (Å²) in [5.41, 5.74) is 6.93. The third kappa shape index (κ3) is 12.0. The summed E-state index contributed by atoms with van der Waals surface area (Å²) in [6, 6.07) is 6.60. The van der Waals surface area contributed by atoms with Crippen LogP contribution < -0.4 is 26.4 Å². The van der Waals surface area contributed by atoms with Crippen LogP contribution in [0.3, 0.4) is 0 Å². The number of carbonyl (C=O) groups excluding carboxylic acids is 3. The van der Waals surface area contributed by atoms with Crippen LogP contribution in [0.25, 0.3) is 0 Å². The number of hydrogen-bond acceptors (Lipinski definition) is 7. The minimum atomic E-state index is -0.872. The van der Waals surface area contributed by atoms with E-state index in [0.717, 1.165) is 12.8 Å². The number of aliphatic hydroxyl groups excluding tert-OH is 1. The molecule has 1 saturated heterocycles. The van der Waals surface area contributed by atoms with Gasteiger partial charge in [0.1, 0.15) is 5.75 Å². The summed E-state index contributed by atoms with van der Waals surface area (Å²) in [7, 11) is 1.67. The Morgan fingerprint density at radius 3 is 2.41 bits per heavy atom. The maximum absolute atomic E-state index is 13.1. The Kier molecular flexibility index (Phi) is 15.1. The summed E-state index contributed by atoms with van der Waals surface area (Å²) in [4.78, 5) is 37.4. The molecule has 0 saturated carbocycles. The highest BCUT2D eigenvalue weighted by Gasteiger charge is 2.31. The molecule has 41 heavy (non-hydrogen) atoms. The van der Waals surface area contributed by atoms with Gasteiger partial charge in [0.15, 0.2) is 0 Å². The third-order valence-corrected chi connectivity index (χ3v) is 7.91. The SMILES string of the molecule is COCCCCOc1ccccc1C(=O)NC[C@@H](CC(N)C(O)CC(C(=O)NCC1CCC(=O)N1)C(C)C)C(C)C. The van der Waals surface area contributed by atoms with Crippen LogP contribution in [0.2, 0.25) is 0 Å². The lowest BCUT2D eigenvalue weighted by Gasteiger charge is -2.30. The molecule has 10 heteroatoms. The smallest absolute Gasteiger partial charge is 0.255 e. The van der Waals surface area contributed by atoms with Crippen molar-refractivity contribution in [1.82, 2.24) is 16.0 Å². The molecule has 0 spiro atoms. The van der Waals surface area contributed by atoms with E-state index < -0.39 is 18.1 Å². The minimum Gasteiger partial charge on any atom is -0.493 e. The van der Waals surface area contributed by atoms with Crippen LogP contribution in [0.4, 0.5) is 0 Å². The fourth-order valence-electron chi connectivity index (χ4n) is 5.03. The van der Waals surface area contributed by atoms with Gasteiger partial charge in [-0.25, -0.2) is 0 Å². The van der Waals surface area contributed by atoms with Crippen molar-refractivity contribution in [2.75, 3.05) is 33.4 Å². The summed E-state index contributed by atoms with van der Waals surface area (Å²) in [5.74, 6) is 0.0487. The molecule has 1 aliphatic rings. The molecule has 2 rings (SSSR count). The second-order valence-corrected chi connectivity index (χ2v) is 11.9. The Balaban J connectivity index is 1.89. The first kappa shape index (κ1) is 34.5. The summed E-state index contributed by atoms with van der Waals surface area (Å²) in [6.07, 6.45) is 2.77. The topological polar surface area (TPSA) is 152 Å². The van der Waals surface area contributed by atoms with Crippen LogP contribution in [0.1, 0.15) is 76.6 Å². The minimum absolute atomic E-state index is 0.00761. The van der Waals surface area contributed by atoms with E-state index in [4.69, 9.17) is 15.2 Å². The normalized spacial score (nSPS) is 18.1. The van der Waals surface area contributed by atoms with E-state index in [0.29, 0.717) is 56.9 Å². The van der Waals surface area contributed by atoms with Crippen LogP contribution in [0, 0.1) is 23.7 Å². The summed E-state index contributed by atoms with van der Waals surface area (Å²) < 4.78 is 10.9. The highest BCUT2D eigenvalue weighted by atomic mass is 16.5. The number of benzene rings is 1. The summed E-state index contributed by atoms with van der Waals surface area (Å²) in [6.45, 7) is 10.00. The van der Waals surface area contributed by atoms with Gasteiger partial charge >= 0.3 is 0 Å². The Morgan fingerprint density at radius 1 is 1.07 bits per heavy atom. The van der Waals surface area contributed by atoms with Crippen molar-refractivity contribution in [1.29, 1.82) is 0 Å². The largest absolute Gasteiger partial charge is 0.493 e. The number of nitrogens with two attached hydrogens (primary N) is 1. The van der Waals surface area contributed by atoms with Crippen molar-refractivity contribution in [2.24, 2.45) is 29.4 Å². The van der Waals surface area contributed by atoms with Gasteiger partial charge < -0.3 is 36.3 Å². The molecule has 10 nitrogen and oxygen atoms in total. The molecular formula is C31H52N4O6. The van der Waals surface area contributed by atoms with Gasteiger partial charge in [0.05, 0.1) is 18.3 Å². The molecule has 0 aliphatic carbocycles. The predicted octanol–water partition coefficient (Wildman–Crippen LogP) is 2.63. The highest BCUT2D eigenvalue weighted by molar-refractivity contribution is 5.96. The molecule has 1 aliphatic heterocycles. The van der Waals surface area contributed by atoms with Gasteiger partial charge in [-0.1, -0.05) is 39.8 Å². The second-order valence-electron chi connectivity index (χ2n) is 11.9. The second kappa shape index (κ2) is 18.0. The fourth-order valence-corrected chi connectivity index (χ4v) is 5.03. The van der Waals surface area contributed by atoms with Gasteiger partial charge in [-0.2, -0.15) is 0 Å². The lowest BCUT2D eigenvalue weighted by atomic mass is 9.83. The lowest BCUT2D eigenvalue weighted by molar-refractivity contribution is -0.128. The molecule has 1 fully saturated rings. The van der Waals surface area contributed by atoms with E-state index in [9.17, 15) is 19.5 Å². The van der Waals surface area contributed by atoms with Gasteiger partial charge in [0.2, 0.25) is 11.8 Å². The highest BCUT2D eigenvalue weighted by Crippen LogP contribution is 2.24. The number of rotatable bonds is 19. The van der Waals surface area contributed by atoms with Gasteiger partial charge in [0.25, 0.3) is 5.91 Å². The number of nitrogens with one attached hydrogen (secondary N) is 3. The van der Waals surface area contributed by atoms with Gasteiger partial charge in [-0.05, 0) is 62.0 Å². The first-order chi connectivity index (χ1) is 19.5. The average molecular weight is 577 g/mol. The van der Waals surface area contributed by atoms with Gasteiger partial charge in [0, 0.05) is 51.2 Å². The number of hydrogen-bond donors (Lipinski definition) is 5. The first-order valence-corrected chi connectivity index (χ1v) is 15.0. The molecule has 5 atom stereocenters. The molecule has 6 N–H and O–H groups in total. The zero-order chi connectivity index (χ0) is 30.4. The van der Waals surface area contributed by atoms with Crippen LogP contribution in [-0.4, -0.2) is 74.4 Å². The van der Waals surface area contributed by atoms with Crippen LogP contribution in [-0.2, 0) is 14.3 Å². The number of aliphatic hydroxyl groups is 1. The number of para-hydroxylation sites is 1. The predicted molar refractivity (Wildman–Crippen MR) is 159 cm³/mol. The van der Waals surface area contributed by atoms with E-state index in [-0.39, 0.29) is 47.9 Å². The number of methoxy groups -OCH3 is 1. The number of ether oxygens (including phenoxy) is 2. The zero-order valence-corrected chi connectivity index (χ0v) is 25.5. The van der Waals surface area contributed by atoms with E-state index in [1.54, 1.807) is 19.2 Å². The number of amides is 3. The maximum Gasteiger partial charge on any atom is 0.255 e. The Labute approximate surface area is 245 Å². The molecule has 4 unspecified atom stereocenters. The van der Waals surface area contributed by atoms with E-state index in [1.807, 2.05) is 26.0 Å². The zero-order valence-electron chi connectivity index (χ0n) is 25.5. The van der Waals surface area contributed by atoms with Crippen molar-refractivity contribution in [3.05, 3.63) is 29.8 Å². The quantitative estimate of drug-likeness (QED) is 0.159. The van der Waals surface area contributed by atoms with E-state index in [1.165, 1.54) is 0 Å². The third-order valence-electron chi connectivity index (χ3n) is 7.91. The van der Waals surface area contributed by atoms with Crippen molar-refractivity contribution >= 4 is 17.7 Å². The standard InChI is InChI=1S/C31H52N4O6/c1-20(2)22(18-33-30(38)24-10-6-7-11-28(24)41-15-9-8-14-40-5)16-26(32)27(36)17-25(21(3)4)31(39)34-19-23-12-13-29(37)35-23/h6-7,10-11,20-23,25-27,36H,8-9,12-19,32H2,1-5H3,(H,33,38)(H,34,39)(H,35,37)/t22-,23?,25?,26?,27?/m1/s1. The molecule has 232 valence electrons. The fraction of sp³-hybridized carbons (Fsp3) is 0.710. The molecule has 0 aromatic heterocycles. The van der Waals surface area contributed by atoms with Gasteiger partial charge in [-0.3, -0.25) is 14.4 Å². The van der Waals surface area contributed by atoms with Crippen molar-refractivity contribution < 1.29 is 29.0 Å². The molecule has 1 aromatic carbocycles. The molecule has 3 amide bonds. The van der Waals surface area contributed by atoms with Crippen LogP contribution in [0.5, 0.6) is 5.75 Å². The van der Waals surface area contributed by atoms with E-state index in [2.05, 4.69) is 29.8 Å². The van der Waals surface area contributed by atoms with Crippen molar-refractivity contribution in [3.8, 4) is 5.75 Å². The Morgan fingerprint density at radius 2 is 1.78 bits per heavy atom. The summed E-state index contributed by atoms with van der Waals surface area (Å²) >= 11 is 0. The Hall–Kier alpha value is -2.69. The monoisotopic (exact) mass is 576 g/mol. The maximum atomic E-state index is 13.1. The molecule has 1 heterocycles. The molecule has 1 aromatic rings.